The number of aryl methyl sites for hydroxylation is 1. The number of methoxy groups -OCH3 is 1. The highest BCUT2D eigenvalue weighted by atomic mass is 32.2. The number of hydrogen-bond acceptors (Lipinski definition) is 2. The number of halogens is 3. The second-order valence-corrected chi connectivity index (χ2v) is 6.97. The summed E-state index contributed by atoms with van der Waals surface area (Å²) in [5, 5.41) is 0.608. The molecule has 0 spiro atoms. The number of nitrogens with zero attached hydrogens (tertiary/aromatic N) is 2. The molecule has 0 bridgehead atoms. The zero-order valence-electron chi connectivity index (χ0n) is 14.0. The van der Waals surface area contributed by atoms with E-state index < -0.39 is 17.3 Å². The van der Waals surface area contributed by atoms with Crippen molar-refractivity contribution >= 4 is 28.4 Å². The van der Waals surface area contributed by atoms with E-state index in [2.05, 4.69) is 4.85 Å². The molecule has 0 aliphatic carbocycles. The summed E-state index contributed by atoms with van der Waals surface area (Å²) in [6.45, 7) is 11.0. The third kappa shape index (κ3) is 3.26. The van der Waals surface area contributed by atoms with Crippen LogP contribution >= 0.6 is 11.8 Å². The Hall–Kier alpha value is -1.65. The molecule has 7 heteroatoms. The fourth-order valence-electron chi connectivity index (χ4n) is 2.73. The van der Waals surface area contributed by atoms with E-state index in [0.717, 1.165) is 17.5 Å². The molecule has 3 nitrogen and oxygen atoms in total. The van der Waals surface area contributed by atoms with Crippen molar-refractivity contribution in [1.29, 1.82) is 0 Å². The zero-order valence-corrected chi connectivity index (χ0v) is 14.8. The molecule has 2 aromatic rings. The van der Waals surface area contributed by atoms with Gasteiger partial charge in [-0.1, -0.05) is 6.92 Å². The maximum absolute atomic E-state index is 13.2. The van der Waals surface area contributed by atoms with E-state index in [4.69, 9.17) is 11.3 Å². The summed E-state index contributed by atoms with van der Waals surface area (Å²) in [6, 6.07) is 4.16. The van der Waals surface area contributed by atoms with Gasteiger partial charge in [0, 0.05) is 25.4 Å². The number of rotatable bonds is 5. The Bertz CT molecular complexity index is 792. The highest BCUT2D eigenvalue weighted by Gasteiger charge is 2.35. The molecule has 0 N–H and O–H groups in total. The summed E-state index contributed by atoms with van der Waals surface area (Å²) >= 11 is 1.70. The van der Waals surface area contributed by atoms with Gasteiger partial charge in [-0.15, -0.1) is 0 Å². The van der Waals surface area contributed by atoms with Gasteiger partial charge in [0.25, 0.3) is 0 Å². The Morgan fingerprint density at radius 1 is 1.29 bits per heavy atom. The minimum absolute atomic E-state index is 0.380. The third-order valence-corrected chi connectivity index (χ3v) is 5.32. The molecule has 1 heterocycles. The fourth-order valence-corrected chi connectivity index (χ4v) is 3.59. The first-order valence-electron chi connectivity index (χ1n) is 7.39. The van der Waals surface area contributed by atoms with E-state index in [1.807, 2.05) is 19.9 Å². The number of benzene rings is 1. The second kappa shape index (κ2) is 6.69. The Labute approximate surface area is 143 Å². The first-order valence-corrected chi connectivity index (χ1v) is 8.55. The van der Waals surface area contributed by atoms with Gasteiger partial charge in [-0.2, -0.15) is 24.9 Å². The van der Waals surface area contributed by atoms with Crippen LogP contribution < -0.4 is 0 Å². The van der Waals surface area contributed by atoms with Gasteiger partial charge in [0.1, 0.15) is 5.60 Å². The summed E-state index contributed by atoms with van der Waals surface area (Å²) in [5.41, 5.74) is -0.676. The smallest absolute Gasteiger partial charge is 0.371 e. The summed E-state index contributed by atoms with van der Waals surface area (Å²) in [6.07, 6.45) is -4.55. The summed E-state index contributed by atoms with van der Waals surface area (Å²) in [4.78, 5) is 3.04. The van der Waals surface area contributed by atoms with Crippen molar-refractivity contribution in [3.8, 4) is 0 Å². The molecule has 1 aromatic carbocycles. The van der Waals surface area contributed by atoms with Crippen molar-refractivity contribution in [2.45, 2.75) is 25.6 Å². The van der Waals surface area contributed by atoms with Crippen LogP contribution in [-0.4, -0.2) is 23.2 Å². The van der Waals surface area contributed by atoms with E-state index in [1.54, 1.807) is 30.5 Å². The van der Waals surface area contributed by atoms with Crippen LogP contribution in [0.15, 0.2) is 18.2 Å². The molecular weight excluding hydrogens is 337 g/mol. The lowest BCUT2D eigenvalue weighted by Gasteiger charge is -2.28. The van der Waals surface area contributed by atoms with E-state index in [9.17, 15) is 13.2 Å². The van der Waals surface area contributed by atoms with Crippen molar-refractivity contribution in [1.82, 2.24) is 4.57 Å². The Morgan fingerprint density at radius 2 is 1.96 bits per heavy atom. The zero-order chi connectivity index (χ0) is 18.1. The average molecular weight is 356 g/mol. The Kier molecular flexibility index (Phi) is 5.21. The van der Waals surface area contributed by atoms with Crippen LogP contribution in [-0.2, 0) is 23.6 Å². The number of thioether (sulfide) groups is 1. The van der Waals surface area contributed by atoms with Crippen molar-refractivity contribution < 1.29 is 17.9 Å². The van der Waals surface area contributed by atoms with Crippen LogP contribution in [0, 0.1) is 6.57 Å². The van der Waals surface area contributed by atoms with Crippen LogP contribution in [0.4, 0.5) is 18.9 Å². The standard InChI is InChI=1S/C17H19F3N2OS/c1-6-24-10-16(2,23-5)15-8-11-7-13(21-3)12(17(18,19)20)9-14(11)22(15)4/h7-9H,6,10H2,1-2,4-5H3. The average Bonchev–Trinajstić information content (AvgIpc) is 2.87. The lowest BCUT2D eigenvalue weighted by Crippen LogP contribution is -2.30. The summed E-state index contributed by atoms with van der Waals surface area (Å²) in [7, 11) is 3.32. The highest BCUT2D eigenvalue weighted by Crippen LogP contribution is 2.41. The van der Waals surface area contributed by atoms with Crippen LogP contribution in [0.25, 0.3) is 15.7 Å². The number of ether oxygens (including phenoxy) is 1. The van der Waals surface area contributed by atoms with E-state index >= 15 is 0 Å². The van der Waals surface area contributed by atoms with Crippen LogP contribution in [0.1, 0.15) is 25.1 Å². The maximum Gasteiger partial charge on any atom is 0.407 e. The lowest BCUT2D eigenvalue weighted by molar-refractivity contribution is -0.136. The topological polar surface area (TPSA) is 18.5 Å². The molecule has 2 rings (SSSR count). The van der Waals surface area contributed by atoms with E-state index in [0.29, 0.717) is 16.7 Å². The first-order chi connectivity index (χ1) is 11.2. The fraction of sp³-hybridized carbons (Fsp3) is 0.471. The minimum atomic E-state index is -4.55. The van der Waals surface area contributed by atoms with Crippen molar-refractivity contribution in [2.24, 2.45) is 7.05 Å². The van der Waals surface area contributed by atoms with Crippen LogP contribution in [0.3, 0.4) is 0 Å². The monoisotopic (exact) mass is 356 g/mol. The largest absolute Gasteiger partial charge is 0.407 e. The van der Waals surface area contributed by atoms with Crippen molar-refractivity contribution in [2.75, 3.05) is 18.6 Å². The van der Waals surface area contributed by atoms with Gasteiger partial charge >= 0.3 is 6.18 Å². The van der Waals surface area contributed by atoms with Crippen LogP contribution in [0.2, 0.25) is 0 Å². The molecule has 0 radical (unpaired) electrons. The number of hydrogen-bond donors (Lipinski definition) is 0. The second-order valence-electron chi connectivity index (χ2n) is 5.70. The molecule has 1 aromatic heterocycles. The molecular formula is C17H19F3N2OS. The molecule has 24 heavy (non-hydrogen) atoms. The van der Waals surface area contributed by atoms with Gasteiger partial charge < -0.3 is 9.30 Å². The normalized spacial score (nSPS) is 14.6. The van der Waals surface area contributed by atoms with Crippen LogP contribution in [0.5, 0.6) is 0 Å². The lowest BCUT2D eigenvalue weighted by atomic mass is 10.0. The van der Waals surface area contributed by atoms with Gasteiger partial charge in [-0.05, 0) is 36.3 Å². The molecule has 0 aliphatic rings. The maximum atomic E-state index is 13.2. The number of fused-ring (bicyclic) bond motifs is 1. The quantitative estimate of drug-likeness (QED) is 0.671. The van der Waals surface area contributed by atoms with Gasteiger partial charge in [0.15, 0.2) is 5.69 Å². The summed E-state index contributed by atoms with van der Waals surface area (Å²) in [5.74, 6) is 1.61. The van der Waals surface area contributed by atoms with Gasteiger partial charge in [-0.25, -0.2) is 4.85 Å². The summed E-state index contributed by atoms with van der Waals surface area (Å²) < 4.78 is 46.9. The molecule has 0 fully saturated rings. The Balaban J connectivity index is 2.68. The van der Waals surface area contributed by atoms with E-state index in [-0.39, 0.29) is 5.69 Å². The van der Waals surface area contributed by atoms with Crippen molar-refractivity contribution in [3.05, 3.63) is 40.9 Å². The SMILES string of the molecule is [C-]#[N+]c1cc2cc(C(C)(CSCC)OC)n(C)c2cc1C(F)(F)F. The van der Waals surface area contributed by atoms with Gasteiger partial charge in [0.05, 0.1) is 17.8 Å². The molecule has 0 amide bonds. The highest BCUT2D eigenvalue weighted by molar-refractivity contribution is 7.99. The molecule has 1 atom stereocenters. The Morgan fingerprint density at radius 3 is 2.46 bits per heavy atom. The molecule has 0 saturated carbocycles. The van der Waals surface area contributed by atoms with Crippen molar-refractivity contribution in [3.63, 3.8) is 0 Å². The van der Waals surface area contributed by atoms with Gasteiger partial charge in [-0.3, -0.25) is 0 Å². The predicted molar refractivity (Wildman–Crippen MR) is 91.5 cm³/mol. The number of aromatic nitrogens is 1. The van der Waals surface area contributed by atoms with E-state index in [1.165, 1.54) is 6.07 Å². The predicted octanol–water partition coefficient (Wildman–Crippen LogP) is 5.36. The number of alkyl halides is 3. The van der Waals surface area contributed by atoms with Gasteiger partial charge in [0.2, 0.25) is 0 Å². The molecule has 0 saturated heterocycles. The molecule has 1 unspecified atom stereocenters. The minimum Gasteiger partial charge on any atom is -0.371 e. The molecule has 0 aliphatic heterocycles. The molecule has 130 valence electrons. The third-order valence-electron chi connectivity index (χ3n) is 4.16. The first kappa shape index (κ1) is 18.7.